The van der Waals surface area contributed by atoms with Gasteiger partial charge in [0.2, 0.25) is 17.7 Å². The molecule has 10 heteroatoms. The molecule has 0 spiro atoms. The molecule has 0 saturated carbocycles. The molecule has 2 aromatic carbocycles. The Morgan fingerprint density at radius 2 is 1.77 bits per heavy atom. The smallest absolute Gasteiger partial charge is 0.247 e. The lowest BCUT2D eigenvalue weighted by atomic mass is 9.94. The maximum absolute atomic E-state index is 14.2. The molecule has 10 nitrogen and oxygen atoms in total. The van der Waals surface area contributed by atoms with Gasteiger partial charge in [-0.1, -0.05) is 64.4 Å². The molecular weight excluding hydrogens is 546 g/mol. The highest BCUT2D eigenvalue weighted by Gasteiger charge is 2.39. The summed E-state index contributed by atoms with van der Waals surface area (Å²) < 4.78 is 6.37. The summed E-state index contributed by atoms with van der Waals surface area (Å²) in [5.74, 6) is -0.895. The van der Waals surface area contributed by atoms with Gasteiger partial charge < -0.3 is 30.8 Å². The highest BCUT2D eigenvalue weighted by atomic mass is 16.5. The van der Waals surface area contributed by atoms with Crippen molar-refractivity contribution in [3.05, 3.63) is 65.9 Å². The summed E-state index contributed by atoms with van der Waals surface area (Å²) in [6.45, 7) is 7.84. The van der Waals surface area contributed by atoms with Crippen LogP contribution in [0.2, 0.25) is 0 Å². The largest absolute Gasteiger partial charge is 0.487 e. The minimum Gasteiger partial charge on any atom is -0.487 e. The number of H-pyrrole nitrogens is 1. The molecule has 0 unspecified atom stereocenters. The number of likely N-dealkylation sites (N-methyl/N-ethyl adjacent to an activating group) is 1. The predicted molar refractivity (Wildman–Crippen MR) is 166 cm³/mol. The molecule has 5 N–H and O–H groups in total. The number of benzene rings is 2. The Morgan fingerprint density at radius 1 is 1.07 bits per heavy atom. The molecule has 6 atom stereocenters. The van der Waals surface area contributed by atoms with Gasteiger partial charge in [-0.05, 0) is 55.3 Å². The van der Waals surface area contributed by atoms with E-state index < -0.39 is 42.1 Å². The standard InChI is InChI=1S/C33H45N5O5/c1-7-20(4)29(38(5)6)33(42)37-28-30(19(2)3)43-23-14-12-21(13-15-23)27(39)18-35-31(40)26(36-32(28)41)16-22-17-34-25-11-9-8-10-24(22)25/h8-15,17,19-20,26-30,34,39H,7,16,18H2,1-6H3,(H,35,40)(H,36,41)(H,37,42)/t20-,26+,27-,28-,29-,30-/m0/s1. The van der Waals surface area contributed by atoms with Crippen LogP contribution in [0.4, 0.5) is 0 Å². The molecule has 0 fully saturated rings. The Labute approximate surface area is 253 Å². The molecule has 2 aliphatic heterocycles. The molecule has 0 radical (unpaired) electrons. The molecular formula is C33H45N5O5. The van der Waals surface area contributed by atoms with Crippen molar-refractivity contribution in [3.8, 4) is 5.75 Å². The first kappa shape index (κ1) is 32.0. The van der Waals surface area contributed by atoms with Crippen molar-refractivity contribution >= 4 is 28.6 Å². The zero-order valence-corrected chi connectivity index (χ0v) is 25.9. The van der Waals surface area contributed by atoms with E-state index in [1.807, 2.05) is 77.2 Å². The van der Waals surface area contributed by atoms with E-state index in [4.69, 9.17) is 4.74 Å². The van der Waals surface area contributed by atoms with E-state index in [9.17, 15) is 19.5 Å². The third-order valence-corrected chi connectivity index (χ3v) is 8.31. The fourth-order valence-corrected chi connectivity index (χ4v) is 5.70. The first-order valence-electron chi connectivity index (χ1n) is 15.0. The molecule has 1 aromatic heterocycles. The third kappa shape index (κ3) is 7.55. The van der Waals surface area contributed by atoms with E-state index in [1.54, 1.807) is 24.3 Å². The second-order valence-electron chi connectivity index (χ2n) is 12.1. The lowest BCUT2D eigenvalue weighted by Crippen LogP contribution is -2.62. The Balaban J connectivity index is 1.74. The molecule has 232 valence electrons. The summed E-state index contributed by atoms with van der Waals surface area (Å²) in [5.41, 5.74) is 2.39. The van der Waals surface area contributed by atoms with Gasteiger partial charge in [0, 0.05) is 30.1 Å². The third-order valence-electron chi connectivity index (χ3n) is 8.31. The molecule has 3 aromatic rings. The average molecular weight is 592 g/mol. The summed E-state index contributed by atoms with van der Waals surface area (Å²) in [5, 5.41) is 20.4. The number of aromatic nitrogens is 1. The number of hydrogen-bond acceptors (Lipinski definition) is 6. The number of carbonyl (C=O) groups excluding carboxylic acids is 3. The molecule has 43 heavy (non-hydrogen) atoms. The number of amides is 3. The van der Waals surface area contributed by atoms with Crippen molar-refractivity contribution in [1.29, 1.82) is 0 Å². The predicted octanol–water partition coefficient (Wildman–Crippen LogP) is 2.92. The van der Waals surface area contributed by atoms with E-state index >= 15 is 0 Å². The van der Waals surface area contributed by atoms with Crippen LogP contribution in [0.5, 0.6) is 5.75 Å². The van der Waals surface area contributed by atoms with Gasteiger partial charge in [-0.15, -0.1) is 0 Å². The number of fused-ring (bicyclic) bond motifs is 12. The number of rotatable bonds is 8. The molecule has 5 rings (SSSR count). The summed E-state index contributed by atoms with van der Waals surface area (Å²) in [4.78, 5) is 46.6. The molecule has 3 amide bonds. The van der Waals surface area contributed by atoms with Gasteiger partial charge in [0.05, 0.1) is 12.1 Å². The van der Waals surface area contributed by atoms with Crippen molar-refractivity contribution in [3.63, 3.8) is 0 Å². The molecule has 0 aliphatic carbocycles. The minimum absolute atomic E-state index is 0.0342. The zero-order chi connectivity index (χ0) is 31.3. The number of para-hydroxylation sites is 1. The van der Waals surface area contributed by atoms with Gasteiger partial charge >= 0.3 is 0 Å². The number of hydrogen-bond donors (Lipinski definition) is 5. The Hall–Kier alpha value is -3.89. The number of aromatic amines is 1. The van der Waals surface area contributed by atoms with Crippen molar-refractivity contribution in [1.82, 2.24) is 25.8 Å². The maximum Gasteiger partial charge on any atom is 0.247 e. The number of ether oxygens (including phenoxy) is 1. The van der Waals surface area contributed by atoms with Crippen molar-refractivity contribution in [2.24, 2.45) is 11.8 Å². The van der Waals surface area contributed by atoms with Crippen LogP contribution < -0.4 is 20.7 Å². The normalized spacial score (nSPS) is 22.9. The van der Waals surface area contributed by atoms with E-state index in [0.717, 1.165) is 22.9 Å². The van der Waals surface area contributed by atoms with Crippen LogP contribution in [-0.2, 0) is 20.8 Å². The van der Waals surface area contributed by atoms with Gasteiger partial charge in [-0.3, -0.25) is 19.3 Å². The Kier molecular flexibility index (Phi) is 10.5. The van der Waals surface area contributed by atoms with Crippen LogP contribution in [0.15, 0.2) is 54.7 Å². The summed E-state index contributed by atoms with van der Waals surface area (Å²) in [6.07, 6.45) is 1.12. The topological polar surface area (TPSA) is 136 Å². The van der Waals surface area contributed by atoms with Crippen LogP contribution in [-0.4, -0.2) is 77.6 Å². The van der Waals surface area contributed by atoms with Gasteiger partial charge in [0.25, 0.3) is 0 Å². The SMILES string of the molecule is CC[C@H](C)[C@@H](C(=O)N[C@@H]1C(=O)N[C@H](Cc2c[nH]c3ccccc23)C(=O)NC[C@H](O)c2ccc(cc2)O[C@H]1C(C)C)N(C)C. The number of nitrogens with one attached hydrogen (secondary N) is 4. The van der Waals surface area contributed by atoms with Gasteiger partial charge in [-0.25, -0.2) is 0 Å². The maximum atomic E-state index is 14.2. The Morgan fingerprint density at radius 3 is 2.42 bits per heavy atom. The van der Waals surface area contributed by atoms with Crippen LogP contribution in [0, 0.1) is 11.8 Å². The quantitative estimate of drug-likeness (QED) is 0.273. The molecule has 0 saturated heterocycles. The first-order chi connectivity index (χ1) is 20.5. The molecule has 2 bridgehead atoms. The lowest BCUT2D eigenvalue weighted by molar-refractivity contribution is -0.137. The summed E-state index contributed by atoms with van der Waals surface area (Å²) in [7, 11) is 3.69. The van der Waals surface area contributed by atoms with E-state index in [1.165, 1.54) is 0 Å². The zero-order valence-electron chi connectivity index (χ0n) is 25.9. The van der Waals surface area contributed by atoms with Gasteiger partial charge in [0.15, 0.2) is 0 Å². The lowest BCUT2D eigenvalue weighted by Gasteiger charge is -2.35. The van der Waals surface area contributed by atoms with Crippen molar-refractivity contribution < 1.29 is 24.2 Å². The number of aliphatic hydroxyl groups excluding tert-OH is 1. The fraction of sp³-hybridized carbons (Fsp3) is 0.485. The minimum atomic E-state index is -1.09. The number of carbonyl (C=O) groups is 3. The Bertz CT molecular complexity index is 1400. The molecule has 3 heterocycles. The van der Waals surface area contributed by atoms with Crippen LogP contribution in [0.3, 0.4) is 0 Å². The first-order valence-corrected chi connectivity index (χ1v) is 15.0. The monoisotopic (exact) mass is 591 g/mol. The number of nitrogens with zero attached hydrogens (tertiary/aromatic N) is 1. The summed E-state index contributed by atoms with van der Waals surface area (Å²) >= 11 is 0. The second kappa shape index (κ2) is 14.1. The van der Waals surface area contributed by atoms with Crippen LogP contribution >= 0.6 is 0 Å². The fourth-order valence-electron chi connectivity index (χ4n) is 5.70. The second-order valence-corrected chi connectivity index (χ2v) is 12.1. The highest BCUT2D eigenvalue weighted by molar-refractivity contribution is 5.94. The van der Waals surface area contributed by atoms with E-state index in [2.05, 4.69) is 20.9 Å². The van der Waals surface area contributed by atoms with Crippen molar-refractivity contribution in [2.45, 2.75) is 70.9 Å². The van der Waals surface area contributed by atoms with E-state index in [-0.39, 0.29) is 30.7 Å². The van der Waals surface area contributed by atoms with Crippen molar-refractivity contribution in [2.75, 3.05) is 20.6 Å². The van der Waals surface area contributed by atoms with Gasteiger partial charge in [0.1, 0.15) is 23.9 Å². The number of aliphatic hydroxyl groups is 1. The van der Waals surface area contributed by atoms with Gasteiger partial charge in [-0.2, -0.15) is 0 Å². The van der Waals surface area contributed by atoms with Crippen LogP contribution in [0.1, 0.15) is 51.3 Å². The van der Waals surface area contributed by atoms with E-state index in [0.29, 0.717) is 11.3 Å². The summed E-state index contributed by atoms with van der Waals surface area (Å²) in [6, 6.07) is 12.1. The average Bonchev–Trinajstić information content (AvgIpc) is 3.39. The molecule has 2 aliphatic rings. The van der Waals surface area contributed by atoms with Crippen LogP contribution in [0.25, 0.3) is 10.9 Å². The highest BCUT2D eigenvalue weighted by Crippen LogP contribution is 2.24.